The van der Waals surface area contributed by atoms with Crippen molar-refractivity contribution in [1.29, 1.82) is 0 Å². The predicted molar refractivity (Wildman–Crippen MR) is 82.1 cm³/mol. The molecule has 2 saturated heterocycles. The second-order valence-electron chi connectivity index (χ2n) is 6.45. The number of hydrogen-bond donors (Lipinski definition) is 1. The molecule has 2 fully saturated rings. The average molecular weight is 284 g/mol. The summed E-state index contributed by atoms with van der Waals surface area (Å²) >= 11 is 0. The monoisotopic (exact) mass is 284 g/mol. The lowest BCUT2D eigenvalue weighted by Gasteiger charge is -2.40. The number of hydrogen-bond acceptors (Lipinski definition) is 4. The van der Waals surface area contributed by atoms with Crippen LogP contribution in [0, 0.1) is 5.92 Å². The molecular weight excluding hydrogens is 252 g/mol. The highest BCUT2D eigenvalue weighted by Gasteiger charge is 2.30. The van der Waals surface area contributed by atoms with E-state index >= 15 is 0 Å². The Morgan fingerprint density at radius 1 is 1.20 bits per heavy atom. The van der Waals surface area contributed by atoms with Crippen LogP contribution < -0.4 is 5.32 Å². The third-order valence-electron chi connectivity index (χ3n) is 4.70. The van der Waals surface area contributed by atoms with Gasteiger partial charge in [-0.25, -0.2) is 0 Å². The van der Waals surface area contributed by atoms with Gasteiger partial charge in [-0.15, -0.1) is 0 Å². The van der Waals surface area contributed by atoms with Crippen molar-refractivity contribution >= 4 is 0 Å². The van der Waals surface area contributed by atoms with Crippen LogP contribution in [0.5, 0.6) is 0 Å². The molecule has 0 aliphatic carbocycles. The van der Waals surface area contributed by atoms with E-state index in [0.717, 1.165) is 45.4 Å². The van der Waals surface area contributed by atoms with Crippen LogP contribution in [0.4, 0.5) is 0 Å². The number of rotatable bonds is 6. The highest BCUT2D eigenvalue weighted by atomic mass is 16.5. The van der Waals surface area contributed by atoms with Crippen LogP contribution in [0.3, 0.4) is 0 Å². The second-order valence-corrected chi connectivity index (χ2v) is 6.45. The molecule has 0 aromatic carbocycles. The minimum absolute atomic E-state index is 0.342. The van der Waals surface area contributed by atoms with E-state index in [2.05, 4.69) is 31.0 Å². The van der Waals surface area contributed by atoms with Crippen molar-refractivity contribution in [2.75, 3.05) is 39.5 Å². The van der Waals surface area contributed by atoms with Gasteiger partial charge in [-0.3, -0.25) is 4.90 Å². The van der Waals surface area contributed by atoms with Crippen LogP contribution in [0.2, 0.25) is 0 Å². The molecule has 0 aromatic rings. The summed E-state index contributed by atoms with van der Waals surface area (Å²) in [6.45, 7) is 12.7. The fourth-order valence-electron chi connectivity index (χ4n) is 3.38. The van der Waals surface area contributed by atoms with Crippen LogP contribution >= 0.6 is 0 Å². The minimum Gasteiger partial charge on any atom is -0.381 e. The SMILES string of the molecule is CCNC(CC1CCOCC1)C1CN(C(C)C)CCO1. The van der Waals surface area contributed by atoms with Gasteiger partial charge >= 0.3 is 0 Å². The van der Waals surface area contributed by atoms with Crippen molar-refractivity contribution in [3.05, 3.63) is 0 Å². The molecule has 2 unspecified atom stereocenters. The lowest BCUT2D eigenvalue weighted by molar-refractivity contribution is -0.0610. The molecule has 4 heteroatoms. The Morgan fingerprint density at radius 3 is 2.60 bits per heavy atom. The first kappa shape index (κ1) is 16.2. The fraction of sp³-hybridized carbons (Fsp3) is 1.00. The molecule has 2 atom stereocenters. The summed E-state index contributed by atoms with van der Waals surface area (Å²) in [6.07, 6.45) is 3.99. The summed E-state index contributed by atoms with van der Waals surface area (Å²) in [7, 11) is 0. The van der Waals surface area contributed by atoms with Crippen molar-refractivity contribution in [3.63, 3.8) is 0 Å². The first-order valence-electron chi connectivity index (χ1n) is 8.37. The predicted octanol–water partition coefficient (Wildman–Crippen LogP) is 1.89. The van der Waals surface area contributed by atoms with Gasteiger partial charge in [0.05, 0.1) is 12.7 Å². The van der Waals surface area contributed by atoms with Crippen molar-refractivity contribution in [3.8, 4) is 0 Å². The summed E-state index contributed by atoms with van der Waals surface area (Å²) < 4.78 is 11.6. The molecule has 1 N–H and O–H groups in total. The third kappa shape index (κ3) is 4.69. The Balaban J connectivity index is 1.88. The summed E-state index contributed by atoms with van der Waals surface area (Å²) in [5.41, 5.74) is 0. The summed E-state index contributed by atoms with van der Waals surface area (Å²) in [5, 5.41) is 3.67. The van der Waals surface area contributed by atoms with Gasteiger partial charge in [0.15, 0.2) is 0 Å². The zero-order valence-electron chi connectivity index (χ0n) is 13.4. The molecule has 0 radical (unpaired) electrons. The smallest absolute Gasteiger partial charge is 0.0855 e. The third-order valence-corrected chi connectivity index (χ3v) is 4.70. The van der Waals surface area contributed by atoms with Gasteiger partial charge < -0.3 is 14.8 Å². The molecule has 0 spiro atoms. The Hall–Kier alpha value is -0.160. The van der Waals surface area contributed by atoms with Crippen molar-refractivity contribution in [1.82, 2.24) is 10.2 Å². The Morgan fingerprint density at radius 2 is 1.95 bits per heavy atom. The minimum atomic E-state index is 0.342. The average Bonchev–Trinajstić information content (AvgIpc) is 2.48. The van der Waals surface area contributed by atoms with Crippen molar-refractivity contribution in [2.45, 2.75) is 58.2 Å². The molecule has 4 nitrogen and oxygen atoms in total. The van der Waals surface area contributed by atoms with E-state index in [-0.39, 0.29) is 0 Å². The molecule has 20 heavy (non-hydrogen) atoms. The zero-order valence-corrected chi connectivity index (χ0v) is 13.4. The topological polar surface area (TPSA) is 33.7 Å². The number of nitrogens with zero attached hydrogens (tertiary/aromatic N) is 1. The molecule has 2 heterocycles. The van der Waals surface area contributed by atoms with Crippen LogP contribution in [0.1, 0.15) is 40.0 Å². The maximum atomic E-state index is 6.08. The van der Waals surface area contributed by atoms with Gasteiger partial charge in [0.1, 0.15) is 0 Å². The van der Waals surface area contributed by atoms with E-state index in [0.29, 0.717) is 18.2 Å². The zero-order chi connectivity index (χ0) is 14.4. The first-order valence-corrected chi connectivity index (χ1v) is 8.37. The molecule has 2 aliphatic rings. The molecule has 0 amide bonds. The van der Waals surface area contributed by atoms with Crippen molar-refractivity contribution < 1.29 is 9.47 Å². The standard InChI is InChI=1S/C16H32N2O2/c1-4-17-15(11-14-5-8-19-9-6-14)16-12-18(13(2)3)7-10-20-16/h13-17H,4-12H2,1-3H3. The lowest BCUT2D eigenvalue weighted by Crippen LogP contribution is -2.54. The molecule has 0 saturated carbocycles. The van der Waals surface area contributed by atoms with E-state index in [1.165, 1.54) is 19.3 Å². The van der Waals surface area contributed by atoms with E-state index in [1.807, 2.05) is 0 Å². The fourth-order valence-corrected chi connectivity index (χ4v) is 3.38. The van der Waals surface area contributed by atoms with E-state index in [1.54, 1.807) is 0 Å². The summed E-state index contributed by atoms with van der Waals surface area (Å²) in [5.74, 6) is 0.797. The summed E-state index contributed by atoms with van der Waals surface area (Å²) in [6, 6.07) is 1.11. The molecular formula is C16H32N2O2. The van der Waals surface area contributed by atoms with Gasteiger partial charge in [0.2, 0.25) is 0 Å². The normalized spacial score (nSPS) is 27.9. The van der Waals surface area contributed by atoms with E-state index in [9.17, 15) is 0 Å². The largest absolute Gasteiger partial charge is 0.381 e. The number of morpholine rings is 1. The molecule has 118 valence electrons. The maximum absolute atomic E-state index is 6.08. The highest BCUT2D eigenvalue weighted by molar-refractivity contribution is 4.86. The molecule has 2 rings (SSSR count). The van der Waals surface area contributed by atoms with Gasteiger partial charge in [-0.1, -0.05) is 6.92 Å². The van der Waals surface area contributed by atoms with Crippen LogP contribution in [-0.2, 0) is 9.47 Å². The Kier molecular flexibility index (Phi) is 6.75. The van der Waals surface area contributed by atoms with E-state index < -0.39 is 0 Å². The van der Waals surface area contributed by atoms with Gasteiger partial charge in [0.25, 0.3) is 0 Å². The quantitative estimate of drug-likeness (QED) is 0.807. The maximum Gasteiger partial charge on any atom is 0.0855 e. The lowest BCUT2D eigenvalue weighted by atomic mass is 9.89. The number of ether oxygens (including phenoxy) is 2. The molecule has 0 aromatic heterocycles. The van der Waals surface area contributed by atoms with Gasteiger partial charge in [-0.2, -0.15) is 0 Å². The highest BCUT2D eigenvalue weighted by Crippen LogP contribution is 2.23. The Labute approximate surface area is 124 Å². The number of likely N-dealkylation sites (N-methyl/N-ethyl adjacent to an activating group) is 1. The van der Waals surface area contributed by atoms with Gasteiger partial charge in [-0.05, 0) is 45.6 Å². The second kappa shape index (κ2) is 8.32. The van der Waals surface area contributed by atoms with Crippen LogP contribution in [0.15, 0.2) is 0 Å². The first-order chi connectivity index (χ1) is 9.70. The Bertz CT molecular complexity index is 267. The molecule has 0 bridgehead atoms. The van der Waals surface area contributed by atoms with Gasteiger partial charge in [0, 0.05) is 38.4 Å². The van der Waals surface area contributed by atoms with Crippen molar-refractivity contribution in [2.24, 2.45) is 5.92 Å². The molecule has 2 aliphatic heterocycles. The van der Waals surface area contributed by atoms with E-state index in [4.69, 9.17) is 9.47 Å². The van der Waals surface area contributed by atoms with Crippen LogP contribution in [-0.4, -0.2) is 62.5 Å². The van der Waals surface area contributed by atoms with Crippen LogP contribution in [0.25, 0.3) is 0 Å². The summed E-state index contributed by atoms with van der Waals surface area (Å²) in [4.78, 5) is 2.54. The number of nitrogens with one attached hydrogen (secondary N) is 1.